The Morgan fingerprint density at radius 3 is 2.45 bits per heavy atom. The molecule has 5 saturated carbocycles. The van der Waals surface area contributed by atoms with Gasteiger partial charge in [0, 0.05) is 48.9 Å². The van der Waals surface area contributed by atoms with Gasteiger partial charge in [0.1, 0.15) is 5.67 Å². The molecule has 2 aromatic rings. The molecule has 0 aliphatic heterocycles. The third-order valence-corrected chi connectivity index (χ3v) is 8.72. The minimum absolute atomic E-state index is 0.0471. The van der Waals surface area contributed by atoms with E-state index >= 15 is 0 Å². The van der Waals surface area contributed by atoms with Crippen molar-refractivity contribution in [3.63, 3.8) is 0 Å². The molecule has 5 aliphatic rings. The minimum atomic E-state index is -1.01. The van der Waals surface area contributed by atoms with Gasteiger partial charge >= 0.3 is 0 Å². The molecule has 1 N–H and O–H groups in total. The Balaban J connectivity index is 1.15. The molecule has 1 heterocycles. The predicted octanol–water partition coefficient (Wildman–Crippen LogP) is 4.30. The van der Waals surface area contributed by atoms with Crippen LogP contribution >= 0.6 is 0 Å². The first-order chi connectivity index (χ1) is 13.6. The van der Waals surface area contributed by atoms with Gasteiger partial charge in [0.05, 0.1) is 17.4 Å². The smallest absolute Gasteiger partial charge is 0.223 e. The number of fused-ring (bicyclic) bond motifs is 2. The van der Waals surface area contributed by atoms with Crippen molar-refractivity contribution in [2.75, 3.05) is 0 Å². The first-order valence-electron chi connectivity index (χ1n) is 10.5. The topological polar surface area (TPSA) is 46.9 Å². The molecule has 2 bridgehead atoms. The Morgan fingerprint density at radius 1 is 1.21 bits per heavy atom. The second-order valence-corrected chi connectivity index (χ2v) is 10.3. The first-order valence-corrected chi connectivity index (χ1v) is 10.5. The molecule has 1 amide bonds. The zero-order chi connectivity index (χ0) is 20.3. The summed E-state index contributed by atoms with van der Waals surface area (Å²) in [5.41, 5.74) is -0.265. The summed E-state index contributed by atoms with van der Waals surface area (Å²) in [4.78, 5) is 17.1. The largest absolute Gasteiger partial charge is 0.350 e. The van der Waals surface area contributed by atoms with Gasteiger partial charge in [0.2, 0.25) is 5.91 Å². The van der Waals surface area contributed by atoms with Gasteiger partial charge in [-0.15, -0.1) is 0 Å². The molecule has 29 heavy (non-hydrogen) atoms. The van der Waals surface area contributed by atoms with Gasteiger partial charge in [-0.2, -0.15) is 0 Å². The number of benzene rings is 1. The zero-order valence-corrected chi connectivity index (χ0v) is 16.5. The lowest BCUT2D eigenvalue weighted by atomic mass is 9.47. The van der Waals surface area contributed by atoms with Gasteiger partial charge in [0.15, 0.2) is 11.6 Å². The Labute approximate surface area is 166 Å². The van der Waals surface area contributed by atoms with Crippen LogP contribution in [0.1, 0.15) is 52.0 Å². The van der Waals surface area contributed by atoms with E-state index < -0.39 is 17.3 Å². The number of rotatable bonds is 4. The van der Waals surface area contributed by atoms with Crippen molar-refractivity contribution < 1.29 is 18.0 Å². The molecule has 0 spiro atoms. The van der Waals surface area contributed by atoms with Crippen LogP contribution < -0.4 is 5.32 Å². The fourth-order valence-electron chi connectivity index (χ4n) is 6.87. The Hall–Kier alpha value is -2.05. The third kappa shape index (κ3) is 2.22. The zero-order valence-electron chi connectivity index (χ0n) is 16.5. The molecule has 7 rings (SSSR count). The standard InChI is InChI=1S/C22H24F3N3O/c1-11(19(29)27-22-7-21(25,8-22)9-22)20(2)13-3-12(4-14(13)20)28-10-26-17-5-15(23)16(24)6-18(17)28/h5-6,10-14H,3-4,7-9H2,1-2H3,(H,27,29)/t11?,12?,13-,14+,20?,21?,22?. The number of hydrogen-bond donors (Lipinski definition) is 1. The number of carbonyl (C=O) groups is 1. The van der Waals surface area contributed by atoms with E-state index in [0.717, 1.165) is 18.9 Å². The number of nitrogens with one attached hydrogen (secondary N) is 1. The van der Waals surface area contributed by atoms with E-state index in [1.165, 1.54) is 6.07 Å². The number of carbonyl (C=O) groups excluding carboxylic acids is 1. The van der Waals surface area contributed by atoms with E-state index in [0.29, 0.717) is 42.1 Å². The number of halogens is 3. The van der Waals surface area contributed by atoms with Gasteiger partial charge in [-0.3, -0.25) is 4.79 Å². The van der Waals surface area contributed by atoms with Crippen molar-refractivity contribution in [2.45, 2.75) is 63.2 Å². The minimum Gasteiger partial charge on any atom is -0.350 e. The summed E-state index contributed by atoms with van der Waals surface area (Å²) in [6.07, 6.45) is 4.88. The highest BCUT2D eigenvalue weighted by molar-refractivity contribution is 5.81. The maximum Gasteiger partial charge on any atom is 0.223 e. The van der Waals surface area contributed by atoms with Crippen molar-refractivity contribution in [2.24, 2.45) is 23.2 Å². The number of aromatic nitrogens is 2. The van der Waals surface area contributed by atoms with Gasteiger partial charge in [-0.25, -0.2) is 18.2 Å². The second-order valence-electron chi connectivity index (χ2n) is 10.3. The van der Waals surface area contributed by atoms with Crippen LogP contribution in [-0.4, -0.2) is 26.7 Å². The normalized spacial score (nSPS) is 42.7. The predicted molar refractivity (Wildman–Crippen MR) is 101 cm³/mol. The monoisotopic (exact) mass is 403 g/mol. The number of amides is 1. The summed E-state index contributed by atoms with van der Waals surface area (Å²) in [7, 11) is 0. The molecule has 5 atom stereocenters. The summed E-state index contributed by atoms with van der Waals surface area (Å²) >= 11 is 0. The van der Waals surface area contributed by atoms with Crippen LogP contribution in [-0.2, 0) is 4.79 Å². The van der Waals surface area contributed by atoms with Gasteiger partial charge in [-0.05, 0) is 30.1 Å². The second kappa shape index (κ2) is 5.16. The number of alkyl halides is 1. The summed E-state index contributed by atoms with van der Waals surface area (Å²) in [6.45, 7) is 4.17. The van der Waals surface area contributed by atoms with Crippen molar-refractivity contribution in [1.82, 2.24) is 14.9 Å². The average Bonchev–Trinajstić information content (AvgIpc) is 3.00. The fraction of sp³-hybridized carbons (Fsp3) is 0.636. The van der Waals surface area contributed by atoms with Crippen LogP contribution in [0.2, 0.25) is 0 Å². The molecule has 1 aromatic heterocycles. The van der Waals surface area contributed by atoms with E-state index in [1.807, 2.05) is 11.5 Å². The molecule has 0 saturated heterocycles. The van der Waals surface area contributed by atoms with Crippen LogP contribution in [0.25, 0.3) is 11.0 Å². The van der Waals surface area contributed by atoms with Crippen LogP contribution in [0.3, 0.4) is 0 Å². The molecule has 7 heteroatoms. The molecule has 5 fully saturated rings. The van der Waals surface area contributed by atoms with Crippen LogP contribution in [0.5, 0.6) is 0 Å². The lowest BCUT2D eigenvalue weighted by Gasteiger charge is -2.65. The molecule has 3 unspecified atom stereocenters. The van der Waals surface area contributed by atoms with Gasteiger partial charge < -0.3 is 9.88 Å². The average molecular weight is 403 g/mol. The van der Waals surface area contributed by atoms with E-state index in [9.17, 15) is 18.0 Å². The van der Waals surface area contributed by atoms with Gasteiger partial charge in [0.25, 0.3) is 0 Å². The Morgan fingerprint density at radius 2 is 1.83 bits per heavy atom. The summed E-state index contributed by atoms with van der Waals surface area (Å²) in [6, 6.07) is 2.55. The molecular weight excluding hydrogens is 379 g/mol. The fourth-order valence-corrected chi connectivity index (χ4v) is 6.87. The highest BCUT2D eigenvalue weighted by Crippen LogP contribution is 2.73. The Kier molecular flexibility index (Phi) is 3.16. The molecule has 4 nitrogen and oxygen atoms in total. The Bertz CT molecular complexity index is 1030. The maximum atomic E-state index is 13.7. The van der Waals surface area contributed by atoms with Crippen LogP contribution in [0.4, 0.5) is 13.2 Å². The number of imidazole rings is 1. The molecular formula is C22H24F3N3O. The van der Waals surface area contributed by atoms with E-state index in [2.05, 4.69) is 17.2 Å². The summed E-state index contributed by atoms with van der Waals surface area (Å²) < 4.78 is 42.9. The molecule has 5 aliphatic carbocycles. The SMILES string of the molecule is CC(C(=O)NC12CC(F)(C1)C2)C1(C)[C@@H]2CC(n3cnc4cc(F)c(F)cc43)C[C@@H]21. The van der Waals surface area contributed by atoms with E-state index in [4.69, 9.17) is 0 Å². The quantitative estimate of drug-likeness (QED) is 0.828. The highest BCUT2D eigenvalue weighted by Gasteiger charge is 2.72. The van der Waals surface area contributed by atoms with Crippen molar-refractivity contribution >= 4 is 16.9 Å². The van der Waals surface area contributed by atoms with Crippen LogP contribution in [0.15, 0.2) is 18.5 Å². The number of hydrogen-bond acceptors (Lipinski definition) is 2. The lowest BCUT2D eigenvalue weighted by Crippen LogP contribution is -2.77. The van der Waals surface area contributed by atoms with Crippen molar-refractivity contribution in [3.05, 3.63) is 30.1 Å². The molecule has 1 aromatic carbocycles. The van der Waals surface area contributed by atoms with Crippen molar-refractivity contribution in [3.8, 4) is 0 Å². The highest BCUT2D eigenvalue weighted by atomic mass is 19.2. The van der Waals surface area contributed by atoms with E-state index in [1.54, 1.807) is 6.33 Å². The molecule has 154 valence electrons. The molecule has 0 radical (unpaired) electrons. The van der Waals surface area contributed by atoms with Crippen LogP contribution in [0, 0.1) is 34.8 Å². The van der Waals surface area contributed by atoms with Gasteiger partial charge in [-0.1, -0.05) is 13.8 Å². The summed E-state index contributed by atoms with van der Waals surface area (Å²) in [5.74, 6) is -0.957. The maximum absolute atomic E-state index is 13.7. The first kappa shape index (κ1) is 17.8. The van der Waals surface area contributed by atoms with Crippen molar-refractivity contribution in [1.29, 1.82) is 0 Å². The van der Waals surface area contributed by atoms with E-state index in [-0.39, 0.29) is 28.8 Å². The summed E-state index contributed by atoms with van der Waals surface area (Å²) in [5, 5.41) is 3.12. The lowest BCUT2D eigenvalue weighted by molar-refractivity contribution is -0.177. The number of nitrogens with zero attached hydrogens (tertiary/aromatic N) is 2. The third-order valence-electron chi connectivity index (χ3n) is 8.72.